The Hall–Kier alpha value is -4.07. The van der Waals surface area contributed by atoms with Gasteiger partial charge in [-0.2, -0.15) is 0 Å². The van der Waals surface area contributed by atoms with Crippen LogP contribution in [0.15, 0.2) is 54.6 Å². The Morgan fingerprint density at radius 2 is 1.61 bits per heavy atom. The van der Waals surface area contributed by atoms with Gasteiger partial charge >= 0.3 is 0 Å². The molecule has 3 aromatic rings. The molecular weight excluding hydrogens is 398 g/mol. The molecule has 0 fully saturated rings. The van der Waals surface area contributed by atoms with Gasteiger partial charge in [0.05, 0.1) is 33.6 Å². The smallest absolute Gasteiger partial charge is 0.251 e. The van der Waals surface area contributed by atoms with Gasteiger partial charge in [0, 0.05) is 28.9 Å². The van der Waals surface area contributed by atoms with Crippen molar-refractivity contribution in [1.29, 1.82) is 0 Å². The van der Waals surface area contributed by atoms with Gasteiger partial charge in [-0.3, -0.25) is 9.59 Å². The summed E-state index contributed by atoms with van der Waals surface area (Å²) in [6.07, 6.45) is 0. The maximum Gasteiger partial charge on any atom is 0.251 e. The third-order valence-corrected chi connectivity index (χ3v) is 4.58. The van der Waals surface area contributed by atoms with E-state index in [0.717, 1.165) is 5.56 Å². The fraction of sp³-hybridized carbons (Fsp3) is 0.174. The number of nitrogens with two attached hydrogens (primary N) is 1. The molecule has 1 amide bonds. The first-order valence-corrected chi connectivity index (χ1v) is 9.40. The zero-order chi connectivity index (χ0) is 22.4. The predicted octanol–water partition coefficient (Wildman–Crippen LogP) is 2.97. The second-order valence-electron chi connectivity index (χ2n) is 6.58. The fourth-order valence-corrected chi connectivity index (χ4v) is 2.90. The number of Topliss-reactive ketones (excluding diaryl/α,β-unsaturated/α-hetero) is 1. The van der Waals surface area contributed by atoms with Gasteiger partial charge in [0.2, 0.25) is 0 Å². The molecule has 0 saturated heterocycles. The van der Waals surface area contributed by atoms with E-state index in [0.29, 0.717) is 34.2 Å². The van der Waals surface area contributed by atoms with Crippen LogP contribution in [0.3, 0.4) is 0 Å². The summed E-state index contributed by atoms with van der Waals surface area (Å²) in [5.74, 6) is 0.631. The number of aromatic nitrogens is 1. The summed E-state index contributed by atoms with van der Waals surface area (Å²) < 4.78 is 15.7. The monoisotopic (exact) mass is 421 g/mol. The number of hydrogen-bond acceptors (Lipinski definition) is 7. The zero-order valence-electron chi connectivity index (χ0n) is 17.5. The molecule has 160 valence electrons. The average Bonchev–Trinajstić information content (AvgIpc) is 2.81. The number of carbonyl (C=O) groups is 2. The number of hydrogen-bond donors (Lipinski definition) is 2. The first kappa shape index (κ1) is 21.6. The van der Waals surface area contributed by atoms with Crippen LogP contribution in [-0.4, -0.2) is 44.5 Å². The topological polar surface area (TPSA) is 113 Å². The molecule has 0 radical (unpaired) electrons. The molecule has 8 nitrogen and oxygen atoms in total. The number of ketones is 1. The molecule has 0 spiro atoms. The largest absolute Gasteiger partial charge is 0.497 e. The Balaban J connectivity index is 1.76. The van der Waals surface area contributed by atoms with Crippen LogP contribution in [0.25, 0.3) is 11.3 Å². The third kappa shape index (κ3) is 5.11. The second-order valence-corrected chi connectivity index (χ2v) is 6.58. The molecule has 0 atom stereocenters. The van der Waals surface area contributed by atoms with Crippen molar-refractivity contribution in [3.8, 4) is 28.5 Å². The summed E-state index contributed by atoms with van der Waals surface area (Å²) in [6, 6.07) is 15.1. The number of nitrogens with zero attached hydrogens (tertiary/aromatic N) is 1. The van der Waals surface area contributed by atoms with Crippen LogP contribution >= 0.6 is 0 Å². The normalized spacial score (nSPS) is 10.3. The molecule has 0 bridgehead atoms. The molecule has 0 aliphatic carbocycles. The Morgan fingerprint density at radius 3 is 2.26 bits per heavy atom. The molecule has 0 unspecified atom stereocenters. The van der Waals surface area contributed by atoms with Crippen molar-refractivity contribution < 1.29 is 23.8 Å². The highest BCUT2D eigenvalue weighted by atomic mass is 16.5. The highest BCUT2D eigenvalue weighted by Gasteiger charge is 2.15. The number of ether oxygens (including phenoxy) is 3. The van der Waals surface area contributed by atoms with Gasteiger partial charge in [0.25, 0.3) is 5.91 Å². The minimum Gasteiger partial charge on any atom is -0.497 e. The summed E-state index contributed by atoms with van der Waals surface area (Å²) in [7, 11) is 4.50. The summed E-state index contributed by atoms with van der Waals surface area (Å²) in [5.41, 5.74) is 8.23. The first-order chi connectivity index (χ1) is 14.9. The number of nitrogen functional groups attached to an aromatic ring is 1. The van der Waals surface area contributed by atoms with Crippen LogP contribution in [0, 0.1) is 0 Å². The second kappa shape index (κ2) is 9.62. The number of amides is 1. The number of methoxy groups -OCH3 is 3. The molecule has 1 heterocycles. The lowest BCUT2D eigenvalue weighted by Gasteiger charge is -2.11. The Morgan fingerprint density at radius 1 is 0.903 bits per heavy atom. The third-order valence-electron chi connectivity index (χ3n) is 4.58. The highest BCUT2D eigenvalue weighted by molar-refractivity contribution is 6.01. The van der Waals surface area contributed by atoms with Crippen LogP contribution in [0.2, 0.25) is 0 Å². The van der Waals surface area contributed by atoms with E-state index < -0.39 is 5.91 Å². The van der Waals surface area contributed by atoms with Crippen molar-refractivity contribution in [3.63, 3.8) is 0 Å². The van der Waals surface area contributed by atoms with E-state index in [9.17, 15) is 9.59 Å². The van der Waals surface area contributed by atoms with Crippen molar-refractivity contribution >= 4 is 17.4 Å². The molecule has 8 heteroatoms. The van der Waals surface area contributed by atoms with Gasteiger partial charge in [-0.1, -0.05) is 12.1 Å². The maximum atomic E-state index is 12.7. The average molecular weight is 421 g/mol. The Labute approximate surface area is 180 Å². The van der Waals surface area contributed by atoms with Gasteiger partial charge in [0.15, 0.2) is 17.3 Å². The molecule has 3 rings (SSSR count). The molecular formula is C23H23N3O5. The van der Waals surface area contributed by atoms with E-state index in [-0.39, 0.29) is 18.0 Å². The zero-order valence-corrected chi connectivity index (χ0v) is 17.5. The number of nitrogens with one attached hydrogen (secondary N) is 1. The molecule has 3 N–H and O–H groups in total. The predicted molar refractivity (Wildman–Crippen MR) is 117 cm³/mol. The van der Waals surface area contributed by atoms with Crippen molar-refractivity contribution in [1.82, 2.24) is 10.3 Å². The summed E-state index contributed by atoms with van der Waals surface area (Å²) in [6.45, 7) is -0.228. The Bertz CT molecular complexity index is 1100. The van der Waals surface area contributed by atoms with Gasteiger partial charge < -0.3 is 25.3 Å². The van der Waals surface area contributed by atoms with Crippen LogP contribution in [0.5, 0.6) is 17.2 Å². The summed E-state index contributed by atoms with van der Waals surface area (Å²) >= 11 is 0. The van der Waals surface area contributed by atoms with Crippen molar-refractivity contribution in [2.24, 2.45) is 0 Å². The van der Waals surface area contributed by atoms with Gasteiger partial charge in [-0.15, -0.1) is 0 Å². The van der Waals surface area contributed by atoms with E-state index in [2.05, 4.69) is 10.3 Å². The number of benzene rings is 2. The van der Waals surface area contributed by atoms with Gasteiger partial charge in [-0.25, -0.2) is 4.98 Å². The quantitative estimate of drug-likeness (QED) is 0.425. The lowest BCUT2D eigenvalue weighted by atomic mass is 10.1. The number of anilines is 1. The first-order valence-electron chi connectivity index (χ1n) is 9.40. The fourth-order valence-electron chi connectivity index (χ4n) is 2.90. The minimum atomic E-state index is -0.420. The van der Waals surface area contributed by atoms with E-state index in [4.69, 9.17) is 19.9 Å². The standard InChI is InChI=1S/C23H23N3O5/c1-29-17-11-18(14-4-7-16(24)8-5-14)26-19(12-17)20(27)13-25-23(28)15-6-9-21(30-2)22(10-15)31-3/h4-12H,13,24H2,1-3H3,(H,25,28). The number of carbonyl (C=O) groups excluding carboxylic acids is 2. The minimum absolute atomic E-state index is 0.179. The van der Waals surface area contributed by atoms with Crippen molar-refractivity contribution in [2.75, 3.05) is 33.6 Å². The van der Waals surface area contributed by atoms with Crippen LogP contribution in [-0.2, 0) is 0 Å². The Kier molecular flexibility index (Phi) is 6.71. The highest BCUT2D eigenvalue weighted by Crippen LogP contribution is 2.27. The summed E-state index contributed by atoms with van der Waals surface area (Å²) in [5, 5.41) is 2.61. The van der Waals surface area contributed by atoms with Crippen molar-refractivity contribution in [3.05, 3.63) is 65.9 Å². The SMILES string of the molecule is COc1cc(C(=O)CNC(=O)c2ccc(OC)c(OC)c2)nc(-c2ccc(N)cc2)c1. The summed E-state index contributed by atoms with van der Waals surface area (Å²) in [4.78, 5) is 29.6. The van der Waals surface area contributed by atoms with Crippen molar-refractivity contribution in [2.45, 2.75) is 0 Å². The molecule has 0 aliphatic rings. The van der Waals surface area contributed by atoms with E-state index >= 15 is 0 Å². The molecule has 0 aliphatic heterocycles. The van der Waals surface area contributed by atoms with E-state index in [1.165, 1.54) is 27.4 Å². The molecule has 0 saturated carbocycles. The lowest BCUT2D eigenvalue weighted by Crippen LogP contribution is -2.30. The van der Waals surface area contributed by atoms with Crippen LogP contribution in [0.1, 0.15) is 20.8 Å². The van der Waals surface area contributed by atoms with E-state index in [1.54, 1.807) is 36.4 Å². The molecule has 31 heavy (non-hydrogen) atoms. The number of rotatable bonds is 8. The molecule has 1 aromatic heterocycles. The van der Waals surface area contributed by atoms with E-state index in [1.807, 2.05) is 12.1 Å². The van der Waals surface area contributed by atoms with Gasteiger partial charge in [0.1, 0.15) is 11.4 Å². The lowest BCUT2D eigenvalue weighted by molar-refractivity contribution is 0.0902. The number of pyridine rings is 1. The van der Waals surface area contributed by atoms with Crippen LogP contribution < -0.4 is 25.3 Å². The maximum absolute atomic E-state index is 12.7. The molecule has 2 aromatic carbocycles. The van der Waals surface area contributed by atoms with Gasteiger partial charge in [-0.05, 0) is 30.3 Å². The van der Waals surface area contributed by atoms with Crippen LogP contribution in [0.4, 0.5) is 5.69 Å².